The van der Waals surface area contributed by atoms with Gasteiger partial charge in [-0.1, -0.05) is 66.6 Å². The molecule has 1 aromatic rings. The Bertz CT molecular complexity index is 396. The molecule has 0 heterocycles. The lowest BCUT2D eigenvalue weighted by atomic mass is 10.1. The normalized spacial score (nSPS) is 10.6. The van der Waals surface area contributed by atoms with Crippen LogP contribution in [0.15, 0.2) is 12.1 Å². The lowest BCUT2D eigenvalue weighted by Crippen LogP contribution is -2.00. The Morgan fingerprint density at radius 1 is 1.10 bits per heavy atom. The molecule has 1 rings (SSSR count). The van der Waals surface area contributed by atoms with Gasteiger partial charge in [0.05, 0.1) is 18.7 Å². The molecule has 0 atom stereocenters. The minimum absolute atomic E-state index is 0.616. The first-order valence-electron chi connectivity index (χ1n) is 7.28. The van der Waals surface area contributed by atoms with Crippen LogP contribution in [0, 0.1) is 0 Å². The summed E-state index contributed by atoms with van der Waals surface area (Å²) in [5.41, 5.74) is 1.08. The molecule has 0 fully saturated rings. The molecule has 0 spiro atoms. The van der Waals surface area contributed by atoms with E-state index in [1.165, 1.54) is 32.1 Å². The number of halogens is 2. The maximum absolute atomic E-state index is 6.25. The third-order valence-electron chi connectivity index (χ3n) is 3.19. The molecular weight excluding hydrogens is 340 g/mol. The standard InChI is InChI=1S/C16H24BrClO2/c1-3-4-5-6-7-8-9-20-16-14(18)10-13(12-17)11-15(16)19-2/h10-11H,3-9,12H2,1-2H3. The van der Waals surface area contributed by atoms with Gasteiger partial charge in [-0.05, 0) is 24.1 Å². The minimum atomic E-state index is 0.616. The number of alkyl halides is 1. The van der Waals surface area contributed by atoms with Gasteiger partial charge in [0, 0.05) is 5.33 Å². The average molecular weight is 364 g/mol. The Balaban J connectivity index is 2.43. The average Bonchev–Trinajstić information content (AvgIpc) is 2.47. The van der Waals surface area contributed by atoms with Gasteiger partial charge in [0.25, 0.3) is 0 Å². The van der Waals surface area contributed by atoms with Crippen molar-refractivity contribution in [1.82, 2.24) is 0 Å². The molecule has 0 amide bonds. The quantitative estimate of drug-likeness (QED) is 0.376. The number of hydrogen-bond donors (Lipinski definition) is 0. The van der Waals surface area contributed by atoms with Crippen molar-refractivity contribution in [2.24, 2.45) is 0 Å². The number of rotatable bonds is 10. The summed E-state index contributed by atoms with van der Waals surface area (Å²) in [4.78, 5) is 0. The van der Waals surface area contributed by atoms with Crippen molar-refractivity contribution in [3.05, 3.63) is 22.7 Å². The molecule has 0 bridgehead atoms. The fraction of sp³-hybridized carbons (Fsp3) is 0.625. The van der Waals surface area contributed by atoms with E-state index >= 15 is 0 Å². The first-order chi connectivity index (χ1) is 9.72. The Morgan fingerprint density at radius 3 is 2.45 bits per heavy atom. The van der Waals surface area contributed by atoms with E-state index in [-0.39, 0.29) is 0 Å². The van der Waals surface area contributed by atoms with E-state index in [2.05, 4.69) is 22.9 Å². The SMILES string of the molecule is CCCCCCCCOc1c(Cl)cc(CBr)cc1OC. The van der Waals surface area contributed by atoms with Gasteiger partial charge in [0.15, 0.2) is 11.5 Å². The number of benzene rings is 1. The zero-order valence-corrected chi connectivity index (χ0v) is 14.7. The highest BCUT2D eigenvalue weighted by Gasteiger charge is 2.11. The lowest BCUT2D eigenvalue weighted by Gasteiger charge is -2.13. The monoisotopic (exact) mass is 362 g/mol. The predicted molar refractivity (Wildman–Crippen MR) is 89.5 cm³/mol. The summed E-state index contributed by atoms with van der Waals surface area (Å²) in [6.45, 7) is 2.92. The second-order valence-electron chi connectivity index (χ2n) is 4.86. The molecule has 114 valence electrons. The molecule has 0 N–H and O–H groups in total. The van der Waals surface area contributed by atoms with E-state index in [1.807, 2.05) is 12.1 Å². The van der Waals surface area contributed by atoms with E-state index in [9.17, 15) is 0 Å². The lowest BCUT2D eigenvalue weighted by molar-refractivity contribution is 0.284. The summed E-state index contributed by atoms with van der Waals surface area (Å²) >= 11 is 9.67. The first-order valence-corrected chi connectivity index (χ1v) is 8.78. The van der Waals surface area contributed by atoms with Gasteiger partial charge in [0.2, 0.25) is 0 Å². The fourth-order valence-electron chi connectivity index (χ4n) is 2.05. The van der Waals surface area contributed by atoms with E-state index in [1.54, 1.807) is 7.11 Å². The van der Waals surface area contributed by atoms with Crippen molar-refractivity contribution >= 4 is 27.5 Å². The fourth-order valence-corrected chi connectivity index (χ4v) is 2.66. The highest BCUT2D eigenvalue weighted by molar-refractivity contribution is 9.08. The van der Waals surface area contributed by atoms with Crippen LogP contribution in [0.2, 0.25) is 5.02 Å². The molecule has 0 saturated carbocycles. The zero-order chi connectivity index (χ0) is 14.8. The van der Waals surface area contributed by atoms with Crippen molar-refractivity contribution in [2.75, 3.05) is 13.7 Å². The number of ether oxygens (including phenoxy) is 2. The van der Waals surface area contributed by atoms with Crippen molar-refractivity contribution < 1.29 is 9.47 Å². The van der Waals surface area contributed by atoms with Crippen LogP contribution < -0.4 is 9.47 Å². The topological polar surface area (TPSA) is 18.5 Å². The predicted octanol–water partition coefficient (Wildman–Crippen LogP) is 5.98. The van der Waals surface area contributed by atoms with E-state index in [4.69, 9.17) is 21.1 Å². The van der Waals surface area contributed by atoms with Gasteiger partial charge in [-0.3, -0.25) is 0 Å². The van der Waals surface area contributed by atoms with Crippen LogP contribution in [0.4, 0.5) is 0 Å². The summed E-state index contributed by atoms with van der Waals surface area (Å²) in [7, 11) is 1.64. The van der Waals surface area contributed by atoms with Gasteiger partial charge in [0.1, 0.15) is 0 Å². The molecule has 4 heteroatoms. The summed E-state index contributed by atoms with van der Waals surface area (Å²) in [6.07, 6.45) is 7.48. The number of unbranched alkanes of at least 4 members (excludes halogenated alkanes) is 5. The molecule has 0 unspecified atom stereocenters. The molecule has 0 aliphatic carbocycles. The highest BCUT2D eigenvalue weighted by Crippen LogP contribution is 2.37. The molecule has 0 aliphatic heterocycles. The van der Waals surface area contributed by atoms with Crippen LogP contribution >= 0.6 is 27.5 Å². The summed E-state index contributed by atoms with van der Waals surface area (Å²) in [5, 5.41) is 1.37. The number of hydrogen-bond acceptors (Lipinski definition) is 2. The van der Waals surface area contributed by atoms with Gasteiger partial charge < -0.3 is 9.47 Å². The largest absolute Gasteiger partial charge is 0.493 e. The molecule has 2 nitrogen and oxygen atoms in total. The van der Waals surface area contributed by atoms with Crippen molar-refractivity contribution in [1.29, 1.82) is 0 Å². The van der Waals surface area contributed by atoms with E-state index in [0.29, 0.717) is 23.1 Å². The Kier molecular flexibility index (Phi) is 9.12. The second-order valence-corrected chi connectivity index (χ2v) is 5.83. The molecule has 1 aromatic carbocycles. The van der Waals surface area contributed by atoms with Crippen molar-refractivity contribution in [3.8, 4) is 11.5 Å². The zero-order valence-electron chi connectivity index (χ0n) is 12.4. The molecule has 0 saturated heterocycles. The molecule has 20 heavy (non-hydrogen) atoms. The van der Waals surface area contributed by atoms with Crippen LogP contribution in [0.3, 0.4) is 0 Å². The smallest absolute Gasteiger partial charge is 0.179 e. The van der Waals surface area contributed by atoms with Crippen LogP contribution in [-0.2, 0) is 5.33 Å². The van der Waals surface area contributed by atoms with Crippen molar-refractivity contribution in [2.45, 2.75) is 50.8 Å². The second kappa shape index (κ2) is 10.3. The van der Waals surface area contributed by atoms with Crippen LogP contribution in [0.5, 0.6) is 11.5 Å². The Hall–Kier alpha value is -0.410. The van der Waals surface area contributed by atoms with Crippen LogP contribution in [-0.4, -0.2) is 13.7 Å². The van der Waals surface area contributed by atoms with Crippen LogP contribution in [0.25, 0.3) is 0 Å². The van der Waals surface area contributed by atoms with Gasteiger partial charge in [-0.15, -0.1) is 0 Å². The minimum Gasteiger partial charge on any atom is -0.493 e. The molecule has 0 radical (unpaired) electrons. The van der Waals surface area contributed by atoms with Crippen LogP contribution in [0.1, 0.15) is 51.0 Å². The molecule has 0 aliphatic rings. The Morgan fingerprint density at radius 2 is 1.80 bits per heavy atom. The Labute approximate surface area is 135 Å². The highest BCUT2D eigenvalue weighted by atomic mass is 79.9. The van der Waals surface area contributed by atoms with E-state index in [0.717, 1.165) is 17.3 Å². The maximum atomic E-state index is 6.25. The number of methoxy groups -OCH3 is 1. The summed E-state index contributed by atoms with van der Waals surface area (Å²) in [6, 6.07) is 3.87. The third kappa shape index (κ3) is 5.92. The first kappa shape index (κ1) is 17.6. The summed E-state index contributed by atoms with van der Waals surface area (Å²) < 4.78 is 11.1. The van der Waals surface area contributed by atoms with Crippen molar-refractivity contribution in [3.63, 3.8) is 0 Å². The third-order valence-corrected chi connectivity index (χ3v) is 4.12. The van der Waals surface area contributed by atoms with Gasteiger partial charge in [-0.25, -0.2) is 0 Å². The molecule has 0 aromatic heterocycles. The van der Waals surface area contributed by atoms with Gasteiger partial charge in [-0.2, -0.15) is 0 Å². The maximum Gasteiger partial charge on any atom is 0.179 e. The van der Waals surface area contributed by atoms with Gasteiger partial charge >= 0.3 is 0 Å². The summed E-state index contributed by atoms with van der Waals surface area (Å²) in [5.74, 6) is 1.37. The molecular formula is C16H24BrClO2. The van der Waals surface area contributed by atoms with E-state index < -0.39 is 0 Å².